The smallest absolute Gasteiger partial charge is 0.302 e. The summed E-state index contributed by atoms with van der Waals surface area (Å²) in [6, 6.07) is 12.9. The van der Waals surface area contributed by atoms with Crippen molar-refractivity contribution in [3.8, 4) is 6.07 Å². The van der Waals surface area contributed by atoms with Gasteiger partial charge < -0.3 is 9.47 Å². The van der Waals surface area contributed by atoms with Crippen LogP contribution in [-0.2, 0) is 25.4 Å². The summed E-state index contributed by atoms with van der Waals surface area (Å²) in [5.74, 6) is -5.15. The molecular formula is C25H19F3N6O2. The minimum atomic E-state index is -3.25. The number of rotatable bonds is 4. The molecule has 0 radical (unpaired) electrons. The number of carbonyl (C=O) groups is 1. The van der Waals surface area contributed by atoms with E-state index in [2.05, 4.69) is 15.2 Å². The summed E-state index contributed by atoms with van der Waals surface area (Å²) in [5.41, 5.74) is 0.646. The number of alkyl halides is 2. The molecule has 11 heteroatoms. The lowest BCUT2D eigenvalue weighted by Crippen LogP contribution is -2.39. The molecule has 36 heavy (non-hydrogen) atoms. The Bertz CT molecular complexity index is 1610. The number of fused-ring (bicyclic) bond motifs is 2. The first-order chi connectivity index (χ1) is 17.2. The summed E-state index contributed by atoms with van der Waals surface area (Å²) in [6.07, 6.45) is 0.234. The van der Waals surface area contributed by atoms with E-state index < -0.39 is 23.5 Å². The van der Waals surface area contributed by atoms with Crippen LogP contribution in [-0.4, -0.2) is 37.1 Å². The molecule has 1 aliphatic heterocycles. The number of H-pyrrole nitrogens is 1. The van der Waals surface area contributed by atoms with E-state index >= 15 is 0 Å². The molecule has 0 atom stereocenters. The van der Waals surface area contributed by atoms with Gasteiger partial charge in [-0.3, -0.25) is 9.59 Å². The van der Waals surface area contributed by atoms with Gasteiger partial charge in [-0.1, -0.05) is 24.3 Å². The Kier molecular flexibility index (Phi) is 5.59. The maximum absolute atomic E-state index is 14.7. The Labute approximate surface area is 202 Å². The van der Waals surface area contributed by atoms with Crippen LogP contribution in [0.3, 0.4) is 0 Å². The van der Waals surface area contributed by atoms with Crippen LogP contribution in [0.5, 0.6) is 0 Å². The number of hydrogen-bond donors (Lipinski definition) is 1. The topological polar surface area (TPSA) is 108 Å². The largest absolute Gasteiger partial charge is 0.331 e. The molecule has 2 aromatic carbocycles. The van der Waals surface area contributed by atoms with Crippen LogP contribution < -0.4 is 5.56 Å². The third kappa shape index (κ3) is 4.00. The van der Waals surface area contributed by atoms with Crippen molar-refractivity contribution in [2.24, 2.45) is 0 Å². The zero-order valence-corrected chi connectivity index (χ0v) is 19.1. The highest BCUT2D eigenvalue weighted by atomic mass is 19.3. The monoisotopic (exact) mass is 492 g/mol. The molecule has 0 unspecified atom stereocenters. The Morgan fingerprint density at radius 3 is 2.67 bits per heavy atom. The van der Waals surface area contributed by atoms with E-state index in [-0.39, 0.29) is 48.6 Å². The lowest BCUT2D eigenvalue weighted by molar-refractivity contribution is 0.00251. The summed E-state index contributed by atoms with van der Waals surface area (Å²) in [5, 5.41) is 17.1. The number of halogens is 3. The van der Waals surface area contributed by atoms with Crippen LogP contribution in [0.2, 0.25) is 0 Å². The van der Waals surface area contributed by atoms with Gasteiger partial charge in [-0.2, -0.15) is 19.1 Å². The standard InChI is InChI=1S/C25H19F3N6O2/c1-25(27,28)24-30-20(12-29)21-13-33(8-9-34(21)24)23(36)17-10-14(6-7-18(17)26)11-19-15-4-2-3-5-16(15)22(35)32-31-19/h2-7,10H,8-9,11,13H2,1H3,(H,32,35). The Balaban J connectivity index is 1.45. The van der Waals surface area contributed by atoms with E-state index in [4.69, 9.17) is 0 Å². The van der Waals surface area contributed by atoms with Crippen LogP contribution in [0.15, 0.2) is 47.3 Å². The molecule has 0 bridgehead atoms. The predicted molar refractivity (Wildman–Crippen MR) is 123 cm³/mol. The van der Waals surface area contributed by atoms with Crippen molar-refractivity contribution in [1.82, 2.24) is 24.6 Å². The second kappa shape index (κ2) is 8.64. The average Bonchev–Trinajstić information content (AvgIpc) is 3.25. The van der Waals surface area contributed by atoms with Gasteiger partial charge in [-0.15, -0.1) is 0 Å². The van der Waals surface area contributed by atoms with Gasteiger partial charge in [-0.05, 0) is 23.8 Å². The number of aromatic nitrogens is 4. The van der Waals surface area contributed by atoms with Gasteiger partial charge in [0.15, 0.2) is 11.5 Å². The van der Waals surface area contributed by atoms with E-state index in [0.717, 1.165) is 0 Å². The summed E-state index contributed by atoms with van der Waals surface area (Å²) in [4.78, 5) is 30.4. The molecule has 0 aliphatic carbocycles. The molecule has 1 aliphatic rings. The van der Waals surface area contributed by atoms with Crippen LogP contribution in [0, 0.1) is 17.1 Å². The number of amides is 1. The second-order valence-electron chi connectivity index (χ2n) is 8.65. The number of imidazole rings is 1. The van der Waals surface area contributed by atoms with Gasteiger partial charge in [0.05, 0.1) is 28.9 Å². The van der Waals surface area contributed by atoms with E-state index in [1.165, 1.54) is 27.7 Å². The van der Waals surface area contributed by atoms with Gasteiger partial charge in [-0.25, -0.2) is 14.5 Å². The number of aromatic amines is 1. The first kappa shape index (κ1) is 23.3. The quantitative estimate of drug-likeness (QED) is 0.469. The normalized spacial score (nSPS) is 13.5. The number of nitriles is 1. The number of benzene rings is 2. The molecule has 0 fully saturated rings. The molecule has 0 saturated heterocycles. The number of hydrogen-bond acceptors (Lipinski definition) is 5. The Morgan fingerprint density at radius 2 is 1.94 bits per heavy atom. The van der Waals surface area contributed by atoms with Crippen LogP contribution in [0.1, 0.15) is 45.8 Å². The van der Waals surface area contributed by atoms with E-state index in [9.17, 15) is 28.0 Å². The van der Waals surface area contributed by atoms with Crippen molar-refractivity contribution >= 4 is 16.7 Å². The molecule has 2 aromatic heterocycles. The first-order valence-corrected chi connectivity index (χ1v) is 11.1. The van der Waals surface area contributed by atoms with E-state index in [1.807, 2.05) is 0 Å². The fourth-order valence-electron chi connectivity index (χ4n) is 4.48. The third-order valence-electron chi connectivity index (χ3n) is 6.20. The fraction of sp³-hybridized carbons (Fsp3) is 0.240. The van der Waals surface area contributed by atoms with Crippen molar-refractivity contribution < 1.29 is 18.0 Å². The molecule has 0 saturated carbocycles. The lowest BCUT2D eigenvalue weighted by Gasteiger charge is -2.30. The van der Waals surface area contributed by atoms with Crippen molar-refractivity contribution in [2.75, 3.05) is 6.54 Å². The number of nitrogens with zero attached hydrogens (tertiary/aromatic N) is 5. The number of nitrogens with one attached hydrogen (secondary N) is 1. The second-order valence-corrected chi connectivity index (χ2v) is 8.65. The molecule has 8 nitrogen and oxygen atoms in total. The van der Waals surface area contributed by atoms with Crippen molar-refractivity contribution in [2.45, 2.75) is 32.4 Å². The molecular weight excluding hydrogens is 473 g/mol. The maximum atomic E-state index is 14.7. The Hall–Kier alpha value is -4.46. The van der Waals surface area contributed by atoms with Crippen molar-refractivity contribution in [1.29, 1.82) is 5.26 Å². The minimum absolute atomic E-state index is 0.00309. The minimum Gasteiger partial charge on any atom is -0.331 e. The SMILES string of the molecule is CC(F)(F)c1nc(C#N)c2n1CCN(C(=O)c1cc(Cc3n[nH]c(=O)c4ccccc34)ccc1F)C2. The first-order valence-electron chi connectivity index (χ1n) is 11.1. The van der Waals surface area contributed by atoms with E-state index in [1.54, 1.807) is 30.3 Å². The molecule has 3 heterocycles. The fourth-order valence-corrected chi connectivity index (χ4v) is 4.48. The van der Waals surface area contributed by atoms with Gasteiger partial charge in [0.25, 0.3) is 11.5 Å². The number of carbonyl (C=O) groups excluding carboxylic acids is 1. The van der Waals surface area contributed by atoms with Gasteiger partial charge in [0.2, 0.25) is 0 Å². The molecule has 1 N–H and O–H groups in total. The van der Waals surface area contributed by atoms with Crippen LogP contribution in [0.25, 0.3) is 10.8 Å². The maximum Gasteiger partial charge on any atom is 0.302 e. The zero-order chi connectivity index (χ0) is 25.6. The highest BCUT2D eigenvalue weighted by Crippen LogP contribution is 2.31. The third-order valence-corrected chi connectivity index (χ3v) is 6.20. The predicted octanol–water partition coefficient (Wildman–Crippen LogP) is 3.49. The molecule has 4 aromatic rings. The highest BCUT2D eigenvalue weighted by Gasteiger charge is 2.36. The molecule has 5 rings (SSSR count). The molecule has 0 spiro atoms. The summed E-state index contributed by atoms with van der Waals surface area (Å²) in [6.45, 7) is 0.595. The summed E-state index contributed by atoms with van der Waals surface area (Å²) >= 11 is 0. The highest BCUT2D eigenvalue weighted by molar-refractivity contribution is 5.95. The van der Waals surface area contributed by atoms with Crippen LogP contribution in [0.4, 0.5) is 13.2 Å². The molecule has 1 amide bonds. The van der Waals surface area contributed by atoms with Crippen molar-refractivity contribution in [3.05, 3.63) is 92.7 Å². The Morgan fingerprint density at radius 1 is 1.19 bits per heavy atom. The lowest BCUT2D eigenvalue weighted by atomic mass is 10.0. The summed E-state index contributed by atoms with van der Waals surface area (Å²) < 4.78 is 43.9. The zero-order valence-electron chi connectivity index (χ0n) is 19.1. The van der Waals surface area contributed by atoms with E-state index in [0.29, 0.717) is 29.0 Å². The van der Waals surface area contributed by atoms with Crippen LogP contribution >= 0.6 is 0 Å². The average molecular weight is 492 g/mol. The van der Waals surface area contributed by atoms with Crippen molar-refractivity contribution in [3.63, 3.8) is 0 Å². The summed E-state index contributed by atoms with van der Waals surface area (Å²) in [7, 11) is 0. The molecule has 182 valence electrons. The van der Waals surface area contributed by atoms with Gasteiger partial charge in [0.1, 0.15) is 11.9 Å². The van der Waals surface area contributed by atoms with Gasteiger partial charge >= 0.3 is 5.92 Å². The van der Waals surface area contributed by atoms with Gasteiger partial charge in [0, 0.05) is 31.8 Å².